The Labute approximate surface area is 101 Å². The van der Waals surface area contributed by atoms with Gasteiger partial charge in [0, 0.05) is 4.43 Å². The first-order chi connectivity index (χ1) is 7.13. The van der Waals surface area contributed by atoms with E-state index < -0.39 is 11.8 Å². The van der Waals surface area contributed by atoms with Crippen molar-refractivity contribution in [3.8, 4) is 0 Å². The first-order valence-corrected chi connectivity index (χ1v) is 5.76. The molecule has 3 nitrogen and oxygen atoms in total. The van der Waals surface area contributed by atoms with Crippen LogP contribution in [-0.2, 0) is 14.0 Å². The van der Waals surface area contributed by atoms with Gasteiger partial charge in [-0.3, -0.25) is 4.79 Å². The largest absolute Gasteiger partial charge is 0.475 e. The zero-order chi connectivity index (χ0) is 11.3. The fourth-order valence-electron chi connectivity index (χ4n) is 0.961. The van der Waals surface area contributed by atoms with Crippen LogP contribution >= 0.6 is 22.6 Å². The minimum absolute atomic E-state index is 0.818. The van der Waals surface area contributed by atoms with Crippen molar-refractivity contribution in [2.24, 2.45) is 0 Å². The second-order valence-corrected chi connectivity index (χ2v) is 3.64. The number of carbonyl (C=O) groups excluding carboxylic acids is 1. The third-order valence-corrected chi connectivity index (χ3v) is 2.65. The number of ketones is 1. The SMILES string of the molecule is O=C(O)C(=O)/C=C\c1ccc(CI)cc1. The average Bonchev–Trinajstić information content (AvgIpc) is 2.26. The van der Waals surface area contributed by atoms with Crippen molar-refractivity contribution in [3.05, 3.63) is 41.5 Å². The van der Waals surface area contributed by atoms with E-state index in [2.05, 4.69) is 22.6 Å². The molecule has 0 heterocycles. The molecule has 0 unspecified atom stereocenters. The molecule has 15 heavy (non-hydrogen) atoms. The van der Waals surface area contributed by atoms with Gasteiger partial charge in [-0.05, 0) is 17.2 Å². The van der Waals surface area contributed by atoms with Crippen LogP contribution in [0, 0.1) is 0 Å². The van der Waals surface area contributed by atoms with Crippen LogP contribution in [0.2, 0.25) is 0 Å². The van der Waals surface area contributed by atoms with E-state index in [4.69, 9.17) is 5.11 Å². The number of aliphatic carboxylic acids is 1. The van der Waals surface area contributed by atoms with Gasteiger partial charge in [-0.15, -0.1) is 0 Å². The van der Waals surface area contributed by atoms with Crippen LogP contribution in [0.1, 0.15) is 11.1 Å². The summed E-state index contributed by atoms with van der Waals surface area (Å²) in [7, 11) is 0. The Kier molecular flexibility index (Phi) is 4.48. The highest BCUT2D eigenvalue weighted by atomic mass is 127. The molecule has 0 bridgehead atoms. The molecule has 4 heteroatoms. The normalized spacial score (nSPS) is 10.5. The van der Waals surface area contributed by atoms with Crippen molar-refractivity contribution in [2.75, 3.05) is 0 Å². The first kappa shape index (κ1) is 11.9. The minimum atomic E-state index is -1.44. The standard InChI is InChI=1S/C11H9IO3/c12-7-9-3-1-8(2-4-9)5-6-10(13)11(14)15/h1-6H,7H2,(H,14,15)/b6-5-. The van der Waals surface area contributed by atoms with E-state index in [1.807, 2.05) is 24.3 Å². The van der Waals surface area contributed by atoms with Crippen molar-refractivity contribution >= 4 is 40.4 Å². The molecule has 0 aliphatic rings. The second-order valence-electron chi connectivity index (χ2n) is 2.88. The fraction of sp³-hybridized carbons (Fsp3) is 0.0909. The molecular formula is C11H9IO3. The predicted molar refractivity (Wildman–Crippen MR) is 65.8 cm³/mol. The number of rotatable bonds is 4. The summed E-state index contributed by atoms with van der Waals surface area (Å²) in [5, 5.41) is 8.34. The number of halogens is 1. The Hall–Kier alpha value is -1.17. The minimum Gasteiger partial charge on any atom is -0.475 e. The molecule has 1 aromatic rings. The van der Waals surface area contributed by atoms with Crippen molar-refractivity contribution in [1.29, 1.82) is 0 Å². The number of benzene rings is 1. The van der Waals surface area contributed by atoms with Gasteiger partial charge in [-0.2, -0.15) is 0 Å². The Bertz CT molecular complexity index is 393. The van der Waals surface area contributed by atoms with Gasteiger partial charge in [-0.25, -0.2) is 4.79 Å². The number of carboxylic acids is 1. The molecule has 1 rings (SSSR count). The van der Waals surface area contributed by atoms with Crippen LogP contribution in [0.3, 0.4) is 0 Å². The van der Waals surface area contributed by atoms with Crippen molar-refractivity contribution in [2.45, 2.75) is 4.43 Å². The van der Waals surface area contributed by atoms with E-state index in [9.17, 15) is 9.59 Å². The van der Waals surface area contributed by atoms with Gasteiger partial charge in [0.25, 0.3) is 5.78 Å². The highest BCUT2D eigenvalue weighted by Gasteiger charge is 2.05. The van der Waals surface area contributed by atoms with Crippen molar-refractivity contribution < 1.29 is 14.7 Å². The molecule has 0 saturated heterocycles. The summed E-state index contributed by atoms with van der Waals surface area (Å²) in [6.07, 6.45) is 2.55. The average molecular weight is 316 g/mol. The molecule has 1 aromatic carbocycles. The quantitative estimate of drug-likeness (QED) is 0.401. The van der Waals surface area contributed by atoms with Crippen molar-refractivity contribution in [3.63, 3.8) is 0 Å². The van der Waals surface area contributed by atoms with Gasteiger partial charge in [-0.1, -0.05) is 52.9 Å². The molecule has 78 valence electrons. The van der Waals surface area contributed by atoms with E-state index in [1.165, 1.54) is 11.6 Å². The van der Waals surface area contributed by atoms with E-state index in [-0.39, 0.29) is 0 Å². The molecule has 0 aromatic heterocycles. The Balaban J connectivity index is 2.73. The van der Waals surface area contributed by atoms with Gasteiger partial charge in [0.05, 0.1) is 0 Å². The molecule has 0 radical (unpaired) electrons. The molecule has 0 atom stereocenters. The highest BCUT2D eigenvalue weighted by Crippen LogP contribution is 2.09. The number of carbonyl (C=O) groups is 2. The lowest BCUT2D eigenvalue weighted by molar-refractivity contribution is -0.146. The Morgan fingerprint density at radius 1 is 1.27 bits per heavy atom. The van der Waals surface area contributed by atoms with E-state index in [0.717, 1.165) is 16.1 Å². The monoisotopic (exact) mass is 316 g/mol. The van der Waals surface area contributed by atoms with E-state index in [0.29, 0.717) is 0 Å². The maximum absolute atomic E-state index is 10.8. The lowest BCUT2D eigenvalue weighted by Crippen LogP contribution is -2.08. The van der Waals surface area contributed by atoms with Crippen LogP contribution in [0.15, 0.2) is 30.3 Å². The number of hydrogen-bond donors (Lipinski definition) is 1. The van der Waals surface area contributed by atoms with Gasteiger partial charge in [0.15, 0.2) is 0 Å². The third kappa shape index (κ3) is 3.83. The lowest BCUT2D eigenvalue weighted by Gasteiger charge is -1.95. The molecule has 1 N–H and O–H groups in total. The highest BCUT2D eigenvalue weighted by molar-refractivity contribution is 14.1. The van der Waals surface area contributed by atoms with Crippen LogP contribution < -0.4 is 0 Å². The maximum Gasteiger partial charge on any atom is 0.376 e. The molecule has 0 aliphatic heterocycles. The van der Waals surface area contributed by atoms with Crippen LogP contribution in [0.5, 0.6) is 0 Å². The zero-order valence-electron chi connectivity index (χ0n) is 7.81. The zero-order valence-corrected chi connectivity index (χ0v) is 9.97. The molecule has 0 saturated carbocycles. The number of carboxylic acid groups (broad SMARTS) is 1. The summed E-state index contributed by atoms with van der Waals surface area (Å²) >= 11 is 2.26. The summed E-state index contributed by atoms with van der Waals surface area (Å²) < 4.78 is 0.926. The number of alkyl halides is 1. The molecule has 0 aliphatic carbocycles. The number of hydrogen-bond acceptors (Lipinski definition) is 2. The van der Waals surface area contributed by atoms with E-state index >= 15 is 0 Å². The summed E-state index contributed by atoms with van der Waals surface area (Å²) in [5.74, 6) is -2.34. The molecule has 0 amide bonds. The van der Waals surface area contributed by atoms with Gasteiger partial charge >= 0.3 is 5.97 Å². The van der Waals surface area contributed by atoms with Crippen LogP contribution in [0.4, 0.5) is 0 Å². The fourth-order valence-corrected chi connectivity index (χ4v) is 1.47. The summed E-state index contributed by atoms with van der Waals surface area (Å²) in [5.41, 5.74) is 2.01. The topological polar surface area (TPSA) is 54.4 Å². The summed E-state index contributed by atoms with van der Waals surface area (Å²) in [4.78, 5) is 21.0. The molecular weight excluding hydrogens is 307 g/mol. The van der Waals surface area contributed by atoms with Gasteiger partial charge < -0.3 is 5.11 Å². The molecule has 0 spiro atoms. The van der Waals surface area contributed by atoms with Gasteiger partial charge in [0.1, 0.15) is 0 Å². The van der Waals surface area contributed by atoms with Crippen LogP contribution in [-0.4, -0.2) is 16.9 Å². The molecule has 0 fully saturated rings. The van der Waals surface area contributed by atoms with E-state index in [1.54, 1.807) is 0 Å². The summed E-state index contributed by atoms with van der Waals surface area (Å²) in [6.45, 7) is 0. The first-order valence-electron chi connectivity index (χ1n) is 4.23. The van der Waals surface area contributed by atoms with Crippen molar-refractivity contribution in [1.82, 2.24) is 0 Å². The lowest BCUT2D eigenvalue weighted by atomic mass is 10.1. The maximum atomic E-state index is 10.8. The Morgan fingerprint density at radius 2 is 1.87 bits per heavy atom. The summed E-state index contributed by atoms with van der Waals surface area (Å²) in [6, 6.07) is 7.58. The second kappa shape index (κ2) is 5.65. The Morgan fingerprint density at radius 3 is 2.33 bits per heavy atom. The predicted octanol–water partition coefficient (Wildman–Crippen LogP) is 2.29. The smallest absolute Gasteiger partial charge is 0.376 e. The third-order valence-electron chi connectivity index (χ3n) is 1.77. The van der Waals surface area contributed by atoms with Crippen LogP contribution in [0.25, 0.3) is 6.08 Å². The van der Waals surface area contributed by atoms with Gasteiger partial charge in [0.2, 0.25) is 0 Å².